The number of hydrogen-bond donors (Lipinski definition) is 2. The van der Waals surface area contributed by atoms with Gasteiger partial charge in [0.2, 0.25) is 0 Å². The fourth-order valence-corrected chi connectivity index (χ4v) is 2.09. The van der Waals surface area contributed by atoms with Gasteiger partial charge in [-0.05, 0) is 51.2 Å². The van der Waals surface area contributed by atoms with E-state index in [2.05, 4.69) is 0 Å². The molecule has 0 aliphatic heterocycles. The average Bonchev–Trinajstić information content (AvgIpc) is 1.96. The fourth-order valence-electron chi connectivity index (χ4n) is 0.919. The molecule has 0 atom stereocenters. The van der Waals surface area contributed by atoms with E-state index in [1.54, 1.807) is 39.8 Å². The lowest BCUT2D eigenvalue weighted by atomic mass is 10.1. The summed E-state index contributed by atoms with van der Waals surface area (Å²) in [4.78, 5) is 21.1. The Morgan fingerprint density at radius 2 is 1.12 bits per heavy atom. The third kappa shape index (κ3) is 7.64. The molecule has 0 fully saturated rings. The summed E-state index contributed by atoms with van der Waals surface area (Å²) in [5.41, 5.74) is 0. The number of thioether (sulfide) groups is 2. The van der Waals surface area contributed by atoms with Crippen LogP contribution < -0.4 is 0 Å². The molecule has 0 aliphatic carbocycles. The molecule has 6 heteroatoms. The van der Waals surface area contributed by atoms with E-state index in [0.29, 0.717) is 0 Å². The molecular weight excluding hydrogens is 248 g/mol. The van der Waals surface area contributed by atoms with Crippen LogP contribution in [0.25, 0.3) is 0 Å². The van der Waals surface area contributed by atoms with E-state index in [1.807, 2.05) is 0 Å². The van der Waals surface area contributed by atoms with Crippen molar-refractivity contribution in [2.45, 2.75) is 37.2 Å². The molecule has 0 spiro atoms. The van der Waals surface area contributed by atoms with Gasteiger partial charge in [-0.1, -0.05) is 12.2 Å². The van der Waals surface area contributed by atoms with Gasteiger partial charge in [0.1, 0.15) is 0 Å². The Kier molecular flexibility index (Phi) is 5.41. The Bertz CT molecular complexity index is 278. The summed E-state index contributed by atoms with van der Waals surface area (Å²) in [6.45, 7) is 7.07. The molecule has 0 aromatic carbocycles. The molecule has 0 aromatic heterocycles. The monoisotopic (exact) mass is 264 g/mol. The van der Waals surface area contributed by atoms with Gasteiger partial charge in [-0.25, -0.2) is 9.59 Å². The molecule has 0 rings (SSSR count). The quantitative estimate of drug-likeness (QED) is 0.749. The second-order valence-electron chi connectivity index (χ2n) is 4.28. The molecule has 0 radical (unpaired) electrons. The van der Waals surface area contributed by atoms with Crippen LogP contribution in [0.15, 0.2) is 12.2 Å². The van der Waals surface area contributed by atoms with Crippen LogP contribution >= 0.6 is 23.5 Å². The zero-order valence-electron chi connectivity index (χ0n) is 9.68. The highest BCUT2D eigenvalue weighted by Gasteiger charge is 2.23. The summed E-state index contributed by atoms with van der Waals surface area (Å²) in [5, 5.41) is 15.4. The third-order valence-corrected chi connectivity index (χ3v) is 3.26. The highest BCUT2D eigenvalue weighted by molar-refractivity contribution is 8.14. The average molecular weight is 264 g/mol. The van der Waals surface area contributed by atoms with Crippen molar-refractivity contribution in [1.29, 1.82) is 0 Å². The molecule has 0 saturated heterocycles. The number of carbonyl (C=O) groups is 2. The largest absolute Gasteiger partial charge is 0.473 e. The second kappa shape index (κ2) is 5.63. The second-order valence-corrected chi connectivity index (χ2v) is 7.49. The smallest absolute Gasteiger partial charge is 0.365 e. The van der Waals surface area contributed by atoms with Crippen molar-refractivity contribution in [2.75, 3.05) is 0 Å². The molecular formula is C10H16O4S2. The summed E-state index contributed by atoms with van der Waals surface area (Å²) >= 11 is 1.58. The predicted molar refractivity (Wildman–Crippen MR) is 68.5 cm³/mol. The van der Waals surface area contributed by atoms with Crippen molar-refractivity contribution in [3.05, 3.63) is 12.2 Å². The maximum atomic E-state index is 10.5. The molecule has 0 aliphatic rings. The van der Waals surface area contributed by atoms with Gasteiger partial charge >= 0.3 is 10.6 Å². The Morgan fingerprint density at radius 1 is 0.875 bits per heavy atom. The first-order valence-corrected chi connectivity index (χ1v) is 6.22. The van der Waals surface area contributed by atoms with Gasteiger partial charge in [-0.2, -0.15) is 0 Å². The molecule has 92 valence electrons. The lowest BCUT2D eigenvalue weighted by molar-refractivity contribution is 0.220. The van der Waals surface area contributed by atoms with Gasteiger partial charge in [-0.15, -0.1) is 0 Å². The van der Waals surface area contributed by atoms with Crippen LogP contribution in [0.5, 0.6) is 0 Å². The minimum atomic E-state index is -0.946. The highest BCUT2D eigenvalue weighted by Crippen LogP contribution is 2.31. The van der Waals surface area contributed by atoms with Crippen molar-refractivity contribution in [2.24, 2.45) is 0 Å². The number of hydrogen-bond acceptors (Lipinski definition) is 4. The van der Waals surface area contributed by atoms with E-state index < -0.39 is 20.1 Å². The fraction of sp³-hybridized carbons (Fsp3) is 0.600. The molecule has 0 amide bonds. The van der Waals surface area contributed by atoms with Gasteiger partial charge in [-0.3, -0.25) is 0 Å². The van der Waals surface area contributed by atoms with Crippen molar-refractivity contribution in [3.63, 3.8) is 0 Å². The van der Waals surface area contributed by atoms with E-state index in [1.165, 1.54) is 0 Å². The van der Waals surface area contributed by atoms with Crippen LogP contribution in [0.4, 0.5) is 9.59 Å². The van der Waals surface area contributed by atoms with E-state index >= 15 is 0 Å². The lowest BCUT2D eigenvalue weighted by Gasteiger charge is -2.21. The zero-order chi connectivity index (χ0) is 13.0. The van der Waals surface area contributed by atoms with Crippen LogP contribution in [-0.2, 0) is 0 Å². The van der Waals surface area contributed by atoms with Crippen LogP contribution in [0.3, 0.4) is 0 Å². The van der Waals surface area contributed by atoms with Crippen molar-refractivity contribution < 1.29 is 19.8 Å². The Morgan fingerprint density at radius 3 is 1.31 bits per heavy atom. The SMILES string of the molecule is CC(C)(/C=C/C(C)(C)SC(=O)O)SC(=O)O. The van der Waals surface area contributed by atoms with E-state index in [-0.39, 0.29) is 0 Å². The first kappa shape index (κ1) is 15.4. The minimum absolute atomic E-state index is 0.553. The zero-order valence-corrected chi connectivity index (χ0v) is 11.3. The lowest BCUT2D eigenvalue weighted by Crippen LogP contribution is -2.18. The molecule has 0 bridgehead atoms. The third-order valence-electron chi connectivity index (χ3n) is 1.59. The van der Waals surface area contributed by atoms with Gasteiger partial charge < -0.3 is 10.2 Å². The van der Waals surface area contributed by atoms with Crippen LogP contribution in [0.1, 0.15) is 27.7 Å². The molecule has 16 heavy (non-hydrogen) atoms. The van der Waals surface area contributed by atoms with E-state index in [0.717, 1.165) is 23.5 Å². The maximum Gasteiger partial charge on any atom is 0.365 e. The topological polar surface area (TPSA) is 74.6 Å². The molecule has 0 unspecified atom stereocenters. The highest BCUT2D eigenvalue weighted by atomic mass is 32.2. The van der Waals surface area contributed by atoms with Gasteiger partial charge in [0, 0.05) is 9.49 Å². The molecule has 0 heterocycles. The van der Waals surface area contributed by atoms with Crippen LogP contribution in [-0.4, -0.2) is 30.3 Å². The maximum absolute atomic E-state index is 10.5. The summed E-state index contributed by atoms with van der Waals surface area (Å²) in [5.74, 6) is 0. The summed E-state index contributed by atoms with van der Waals surface area (Å²) in [6, 6.07) is 0. The number of rotatable bonds is 4. The van der Waals surface area contributed by atoms with Gasteiger partial charge in [0.05, 0.1) is 0 Å². The van der Waals surface area contributed by atoms with Crippen molar-refractivity contribution in [3.8, 4) is 0 Å². The van der Waals surface area contributed by atoms with Crippen LogP contribution in [0, 0.1) is 0 Å². The number of carboxylic acid groups (broad SMARTS) is 2. The van der Waals surface area contributed by atoms with Crippen molar-refractivity contribution >= 4 is 34.1 Å². The molecule has 0 aromatic rings. The van der Waals surface area contributed by atoms with Crippen molar-refractivity contribution in [1.82, 2.24) is 0 Å². The van der Waals surface area contributed by atoms with Crippen LogP contribution in [0.2, 0.25) is 0 Å². The normalized spacial score (nSPS) is 13.0. The molecule has 0 saturated carbocycles. The molecule has 2 N–H and O–H groups in total. The first-order valence-electron chi connectivity index (χ1n) is 4.58. The summed E-state index contributed by atoms with van der Waals surface area (Å²) < 4.78 is -1.11. The Balaban J connectivity index is 4.56. The minimum Gasteiger partial charge on any atom is -0.473 e. The molecule has 4 nitrogen and oxygen atoms in total. The summed E-state index contributed by atoms with van der Waals surface area (Å²) in [6.07, 6.45) is 3.45. The van der Waals surface area contributed by atoms with E-state index in [4.69, 9.17) is 10.2 Å². The Hall–Kier alpha value is -0.620. The van der Waals surface area contributed by atoms with E-state index in [9.17, 15) is 9.59 Å². The Labute approximate surface area is 103 Å². The van der Waals surface area contributed by atoms with Gasteiger partial charge in [0.25, 0.3) is 0 Å². The standard InChI is InChI=1S/C10H16O4S2/c1-9(2,15-7(11)12)5-6-10(3,4)16-8(13)14/h5-6H,1-4H3,(H,11,12)(H,13,14)/b6-5+. The summed E-state index contributed by atoms with van der Waals surface area (Å²) in [7, 11) is 0. The first-order chi connectivity index (χ1) is 7.04. The predicted octanol–water partition coefficient (Wildman–Crippen LogP) is 3.92. The van der Waals surface area contributed by atoms with Gasteiger partial charge in [0.15, 0.2) is 0 Å².